The summed E-state index contributed by atoms with van der Waals surface area (Å²) in [4.78, 5) is 0. The molecule has 2 saturated carbocycles. The van der Waals surface area contributed by atoms with E-state index in [0.29, 0.717) is 0 Å². The number of fused-ring (bicyclic) bond motifs is 1. The van der Waals surface area contributed by atoms with Crippen molar-refractivity contribution in [1.82, 2.24) is 0 Å². The second kappa shape index (κ2) is 11.7. The first-order chi connectivity index (χ1) is 15.7. The van der Waals surface area contributed by atoms with Crippen LogP contribution in [0.15, 0.2) is 48.5 Å². The molecule has 2 fully saturated rings. The summed E-state index contributed by atoms with van der Waals surface area (Å²) in [5.74, 6) is 10.5. The summed E-state index contributed by atoms with van der Waals surface area (Å²) in [5, 5.41) is 0. The lowest BCUT2D eigenvalue weighted by molar-refractivity contribution is 0.113. The second-order valence-electron chi connectivity index (χ2n) is 10.5. The normalized spacial score (nSPS) is 24.9. The van der Waals surface area contributed by atoms with Crippen LogP contribution in [0, 0.1) is 29.6 Å². The van der Waals surface area contributed by atoms with Crippen LogP contribution in [0.3, 0.4) is 0 Å². The third-order valence-electron chi connectivity index (χ3n) is 8.28. The Morgan fingerprint density at radius 2 is 1.34 bits per heavy atom. The van der Waals surface area contributed by atoms with Gasteiger partial charge >= 0.3 is 0 Å². The molecule has 2 aromatic rings. The maximum Gasteiger partial charge on any atom is 0.0249 e. The minimum Gasteiger partial charge on any atom is -0.0654 e. The van der Waals surface area contributed by atoms with Gasteiger partial charge in [-0.3, -0.25) is 0 Å². The van der Waals surface area contributed by atoms with Crippen LogP contribution in [-0.2, 0) is 6.42 Å². The average Bonchev–Trinajstić information content (AvgIpc) is 2.85. The van der Waals surface area contributed by atoms with Crippen molar-refractivity contribution >= 4 is 0 Å². The lowest BCUT2D eigenvalue weighted by Gasteiger charge is -2.42. The maximum absolute atomic E-state index is 3.35. The van der Waals surface area contributed by atoms with Gasteiger partial charge < -0.3 is 0 Å². The van der Waals surface area contributed by atoms with Gasteiger partial charge in [-0.25, -0.2) is 0 Å². The molecule has 0 amide bonds. The van der Waals surface area contributed by atoms with Crippen molar-refractivity contribution in [3.63, 3.8) is 0 Å². The Hall–Kier alpha value is -2.00. The van der Waals surface area contributed by atoms with Crippen LogP contribution in [0.5, 0.6) is 0 Å². The SMILES string of the molecule is CCCCCCC1CC[C@@H]2C[C@H](c3ccc(C#Cc4ccc(CC)cc4)cc3)CC[C@@H]2C1. The lowest BCUT2D eigenvalue weighted by atomic mass is 9.63. The molecule has 0 aliphatic heterocycles. The Labute approximate surface area is 197 Å². The van der Waals surface area contributed by atoms with E-state index >= 15 is 0 Å². The number of hydrogen-bond donors (Lipinski definition) is 0. The van der Waals surface area contributed by atoms with Gasteiger partial charge in [0.25, 0.3) is 0 Å². The first kappa shape index (κ1) is 23.2. The molecule has 1 unspecified atom stereocenters. The van der Waals surface area contributed by atoms with E-state index in [-0.39, 0.29) is 0 Å². The molecule has 32 heavy (non-hydrogen) atoms. The summed E-state index contributed by atoms with van der Waals surface area (Å²) in [6, 6.07) is 17.8. The Morgan fingerprint density at radius 1 is 0.688 bits per heavy atom. The molecule has 0 aromatic heterocycles. The summed E-state index contributed by atoms with van der Waals surface area (Å²) in [7, 11) is 0. The first-order valence-corrected chi connectivity index (χ1v) is 13.5. The maximum atomic E-state index is 3.35. The highest BCUT2D eigenvalue weighted by atomic mass is 14.4. The van der Waals surface area contributed by atoms with Gasteiger partial charge in [0.1, 0.15) is 0 Å². The highest BCUT2D eigenvalue weighted by Gasteiger charge is 2.35. The molecule has 2 aromatic carbocycles. The monoisotopic (exact) mass is 426 g/mol. The van der Waals surface area contributed by atoms with Gasteiger partial charge in [0.05, 0.1) is 0 Å². The van der Waals surface area contributed by atoms with Gasteiger partial charge in [-0.2, -0.15) is 0 Å². The van der Waals surface area contributed by atoms with Crippen LogP contribution in [0.2, 0.25) is 0 Å². The quantitative estimate of drug-likeness (QED) is 0.306. The third kappa shape index (κ3) is 6.28. The van der Waals surface area contributed by atoms with Crippen molar-refractivity contribution in [1.29, 1.82) is 0 Å². The molecule has 0 nitrogen and oxygen atoms in total. The predicted octanol–water partition coefficient (Wildman–Crippen LogP) is 8.92. The van der Waals surface area contributed by atoms with Gasteiger partial charge in [0, 0.05) is 11.1 Å². The molecule has 4 atom stereocenters. The summed E-state index contributed by atoms with van der Waals surface area (Å²) >= 11 is 0. The van der Waals surface area contributed by atoms with E-state index < -0.39 is 0 Å². The summed E-state index contributed by atoms with van der Waals surface area (Å²) < 4.78 is 0. The van der Waals surface area contributed by atoms with E-state index in [1.807, 2.05) is 0 Å². The molecule has 0 heteroatoms. The highest BCUT2D eigenvalue weighted by molar-refractivity contribution is 5.44. The van der Waals surface area contributed by atoms with E-state index in [1.165, 1.54) is 76.2 Å². The van der Waals surface area contributed by atoms with E-state index in [9.17, 15) is 0 Å². The van der Waals surface area contributed by atoms with Gasteiger partial charge in [0.15, 0.2) is 0 Å². The number of aryl methyl sites for hydroxylation is 1. The van der Waals surface area contributed by atoms with E-state index in [2.05, 4.69) is 74.2 Å². The predicted molar refractivity (Wildman–Crippen MR) is 138 cm³/mol. The van der Waals surface area contributed by atoms with Crippen molar-refractivity contribution in [2.45, 2.75) is 96.8 Å². The molecule has 2 aliphatic rings. The van der Waals surface area contributed by atoms with Crippen LogP contribution in [0.4, 0.5) is 0 Å². The molecule has 170 valence electrons. The Kier molecular flexibility index (Phi) is 8.50. The lowest BCUT2D eigenvalue weighted by Crippen LogP contribution is -2.30. The van der Waals surface area contributed by atoms with Crippen LogP contribution in [-0.4, -0.2) is 0 Å². The van der Waals surface area contributed by atoms with Crippen molar-refractivity contribution in [2.24, 2.45) is 17.8 Å². The minimum absolute atomic E-state index is 0.765. The summed E-state index contributed by atoms with van der Waals surface area (Å²) in [6.45, 7) is 4.51. The van der Waals surface area contributed by atoms with Crippen LogP contribution in [0.25, 0.3) is 0 Å². The number of unbranched alkanes of at least 4 members (excludes halogenated alkanes) is 3. The fourth-order valence-electron chi connectivity index (χ4n) is 6.22. The third-order valence-corrected chi connectivity index (χ3v) is 8.28. The van der Waals surface area contributed by atoms with E-state index in [0.717, 1.165) is 41.2 Å². The van der Waals surface area contributed by atoms with Crippen LogP contribution in [0.1, 0.15) is 113 Å². The Bertz CT molecular complexity index is 876. The summed E-state index contributed by atoms with van der Waals surface area (Å²) in [6.07, 6.45) is 17.1. The first-order valence-electron chi connectivity index (χ1n) is 13.5. The van der Waals surface area contributed by atoms with Crippen molar-refractivity contribution in [3.05, 3.63) is 70.8 Å². The van der Waals surface area contributed by atoms with E-state index in [4.69, 9.17) is 0 Å². The van der Waals surface area contributed by atoms with Crippen LogP contribution < -0.4 is 0 Å². The zero-order chi connectivity index (χ0) is 22.2. The summed E-state index contributed by atoms with van der Waals surface area (Å²) in [5.41, 5.74) is 5.15. The zero-order valence-electron chi connectivity index (χ0n) is 20.4. The topological polar surface area (TPSA) is 0 Å². The molecular formula is C32H42. The van der Waals surface area contributed by atoms with E-state index in [1.54, 1.807) is 5.56 Å². The minimum atomic E-state index is 0.765. The molecule has 2 aliphatic carbocycles. The molecule has 0 saturated heterocycles. The van der Waals surface area contributed by atoms with Gasteiger partial charge in [-0.1, -0.05) is 88.5 Å². The number of benzene rings is 2. The molecule has 0 heterocycles. The molecule has 0 radical (unpaired) electrons. The Balaban J connectivity index is 1.28. The highest BCUT2D eigenvalue weighted by Crippen LogP contribution is 2.48. The standard InChI is InChI=1S/C32H42/c1-3-5-6-7-8-28-17-20-32-24-31(22-21-30(32)23-28)29-18-15-27(16-19-29)14-13-26-11-9-25(4-2)10-12-26/h9-12,15-16,18-19,28,30-32H,3-8,17,20-24H2,1-2H3/t28?,30-,31-,32-/m1/s1. The fraction of sp³-hybridized carbons (Fsp3) is 0.562. The zero-order valence-corrected chi connectivity index (χ0v) is 20.4. The van der Waals surface area contributed by atoms with Crippen molar-refractivity contribution in [3.8, 4) is 11.8 Å². The van der Waals surface area contributed by atoms with Crippen LogP contribution >= 0.6 is 0 Å². The largest absolute Gasteiger partial charge is 0.0654 e. The van der Waals surface area contributed by atoms with Gasteiger partial charge in [-0.15, -0.1) is 0 Å². The fourth-order valence-corrected chi connectivity index (χ4v) is 6.22. The smallest absolute Gasteiger partial charge is 0.0249 e. The number of hydrogen-bond acceptors (Lipinski definition) is 0. The van der Waals surface area contributed by atoms with Gasteiger partial charge in [-0.05, 0) is 97.6 Å². The Morgan fingerprint density at radius 3 is 2.03 bits per heavy atom. The average molecular weight is 427 g/mol. The van der Waals surface area contributed by atoms with Crippen molar-refractivity contribution in [2.75, 3.05) is 0 Å². The molecular weight excluding hydrogens is 384 g/mol. The molecule has 0 bridgehead atoms. The number of rotatable bonds is 7. The molecule has 4 rings (SSSR count). The molecule has 0 spiro atoms. The molecule has 0 N–H and O–H groups in total. The second-order valence-corrected chi connectivity index (χ2v) is 10.5. The van der Waals surface area contributed by atoms with Gasteiger partial charge in [0.2, 0.25) is 0 Å². The van der Waals surface area contributed by atoms with Crippen molar-refractivity contribution < 1.29 is 0 Å².